The van der Waals surface area contributed by atoms with Gasteiger partial charge in [0.05, 0.1) is 0 Å². The van der Waals surface area contributed by atoms with E-state index in [4.69, 9.17) is 0 Å². The fourth-order valence-electron chi connectivity index (χ4n) is 0.291. The fraction of sp³-hybridized carbons (Fsp3) is 0.714. The minimum Gasteiger partial charge on any atom is -0.277 e. The predicted octanol–water partition coefficient (Wildman–Crippen LogP) is 1.15. The van der Waals surface area contributed by atoms with Gasteiger partial charge in [0, 0.05) is 11.1 Å². The Morgan fingerprint density at radius 2 is 2.00 bits per heavy atom. The molecule has 0 saturated carbocycles. The lowest BCUT2D eigenvalue weighted by Crippen LogP contribution is -2.20. The number of carbonyl (C=O) groups is 1. The molecule has 0 rings (SSSR count). The molecule has 0 aliphatic heterocycles. The molecule has 0 aromatic rings. The van der Waals surface area contributed by atoms with Gasteiger partial charge in [0.1, 0.15) is 0 Å². The lowest BCUT2D eigenvalue weighted by molar-refractivity contribution is -0.109. The van der Waals surface area contributed by atoms with Crippen LogP contribution in [0.3, 0.4) is 0 Å². The second-order valence-electron chi connectivity index (χ2n) is 3.19. The summed E-state index contributed by atoms with van der Waals surface area (Å²) in [5.74, 6) is 0. The van der Waals surface area contributed by atoms with Crippen LogP contribution in [0.2, 0.25) is 0 Å². The third kappa shape index (κ3) is 3.22. The van der Waals surface area contributed by atoms with Crippen LogP contribution >= 0.6 is 0 Å². The number of hydrogen-bond donors (Lipinski definition) is 1. The highest BCUT2D eigenvalue weighted by atomic mass is 16.1. The standard InChI is InChI=1S/C7H14N2O/c1-6(7(2,3)4)9-8-5-10/h5H,1-4H3,(H,8,10). The van der Waals surface area contributed by atoms with Gasteiger partial charge in [-0.2, -0.15) is 5.10 Å². The van der Waals surface area contributed by atoms with Crippen LogP contribution in [0, 0.1) is 5.41 Å². The molecular weight excluding hydrogens is 128 g/mol. The number of hydrogen-bond acceptors (Lipinski definition) is 2. The van der Waals surface area contributed by atoms with Gasteiger partial charge >= 0.3 is 0 Å². The van der Waals surface area contributed by atoms with Crippen LogP contribution in [0.25, 0.3) is 0 Å². The molecule has 0 fully saturated rings. The molecule has 10 heavy (non-hydrogen) atoms. The summed E-state index contributed by atoms with van der Waals surface area (Å²) < 4.78 is 0. The van der Waals surface area contributed by atoms with Crippen molar-refractivity contribution in [2.24, 2.45) is 10.5 Å². The molecule has 0 heterocycles. The number of nitrogens with one attached hydrogen (secondary N) is 1. The molecule has 0 aromatic heterocycles. The molecule has 0 aliphatic rings. The van der Waals surface area contributed by atoms with Crippen molar-refractivity contribution in [3.63, 3.8) is 0 Å². The summed E-state index contributed by atoms with van der Waals surface area (Å²) in [4.78, 5) is 9.82. The van der Waals surface area contributed by atoms with Crippen molar-refractivity contribution in [3.05, 3.63) is 0 Å². The largest absolute Gasteiger partial charge is 0.277 e. The second-order valence-corrected chi connectivity index (χ2v) is 3.19. The summed E-state index contributed by atoms with van der Waals surface area (Å²) in [7, 11) is 0. The summed E-state index contributed by atoms with van der Waals surface area (Å²) >= 11 is 0. The van der Waals surface area contributed by atoms with E-state index in [0.717, 1.165) is 5.71 Å². The normalized spacial score (nSPS) is 13.0. The predicted molar refractivity (Wildman–Crippen MR) is 41.8 cm³/mol. The van der Waals surface area contributed by atoms with Crippen molar-refractivity contribution in [1.82, 2.24) is 5.43 Å². The smallest absolute Gasteiger partial charge is 0.227 e. The zero-order valence-corrected chi connectivity index (χ0v) is 6.93. The van der Waals surface area contributed by atoms with Crippen LogP contribution in [0.1, 0.15) is 27.7 Å². The first kappa shape index (κ1) is 9.14. The summed E-state index contributed by atoms with van der Waals surface area (Å²) in [5, 5.41) is 3.81. The molecule has 0 saturated heterocycles. The minimum atomic E-state index is 0.0377. The summed E-state index contributed by atoms with van der Waals surface area (Å²) in [6.07, 6.45) is 0.565. The van der Waals surface area contributed by atoms with E-state index in [2.05, 4.69) is 10.5 Å². The van der Waals surface area contributed by atoms with Crippen molar-refractivity contribution in [3.8, 4) is 0 Å². The Morgan fingerprint density at radius 1 is 1.50 bits per heavy atom. The molecule has 1 amide bonds. The van der Waals surface area contributed by atoms with Gasteiger partial charge < -0.3 is 0 Å². The first-order chi connectivity index (χ1) is 4.48. The van der Waals surface area contributed by atoms with Crippen molar-refractivity contribution in [2.75, 3.05) is 0 Å². The topological polar surface area (TPSA) is 41.5 Å². The van der Waals surface area contributed by atoms with Gasteiger partial charge in [-0.1, -0.05) is 20.8 Å². The van der Waals surface area contributed by atoms with E-state index in [9.17, 15) is 4.79 Å². The van der Waals surface area contributed by atoms with Gasteiger partial charge in [-0.3, -0.25) is 4.79 Å². The molecule has 0 atom stereocenters. The van der Waals surface area contributed by atoms with E-state index in [-0.39, 0.29) is 5.41 Å². The van der Waals surface area contributed by atoms with E-state index in [1.807, 2.05) is 27.7 Å². The average molecular weight is 142 g/mol. The van der Waals surface area contributed by atoms with Gasteiger partial charge in [0.2, 0.25) is 6.41 Å². The molecule has 0 aromatic carbocycles. The van der Waals surface area contributed by atoms with Crippen molar-refractivity contribution < 1.29 is 4.79 Å². The van der Waals surface area contributed by atoms with Crippen LogP contribution in [0.15, 0.2) is 5.10 Å². The number of rotatable bonds is 2. The Labute approximate surface area is 61.5 Å². The molecule has 3 nitrogen and oxygen atoms in total. The highest BCUT2D eigenvalue weighted by Crippen LogP contribution is 2.14. The maximum Gasteiger partial charge on any atom is 0.227 e. The molecule has 3 heteroatoms. The Balaban J connectivity index is 4.05. The van der Waals surface area contributed by atoms with E-state index >= 15 is 0 Å². The van der Waals surface area contributed by atoms with E-state index in [0.29, 0.717) is 6.41 Å². The third-order valence-electron chi connectivity index (χ3n) is 1.37. The lowest BCUT2D eigenvalue weighted by atomic mass is 9.91. The maximum absolute atomic E-state index is 9.82. The quantitative estimate of drug-likeness (QED) is 0.351. The van der Waals surface area contributed by atoms with E-state index < -0.39 is 0 Å². The number of hydrazone groups is 1. The van der Waals surface area contributed by atoms with Crippen LogP contribution in [0.5, 0.6) is 0 Å². The minimum absolute atomic E-state index is 0.0377. The van der Waals surface area contributed by atoms with Crippen LogP contribution in [-0.2, 0) is 4.79 Å². The molecule has 0 radical (unpaired) electrons. The van der Waals surface area contributed by atoms with Gasteiger partial charge in [-0.15, -0.1) is 0 Å². The highest BCUT2D eigenvalue weighted by Gasteiger charge is 2.13. The van der Waals surface area contributed by atoms with Crippen LogP contribution in [-0.4, -0.2) is 12.1 Å². The van der Waals surface area contributed by atoms with Crippen molar-refractivity contribution in [1.29, 1.82) is 0 Å². The zero-order chi connectivity index (χ0) is 8.20. The Bertz CT molecular complexity index is 144. The molecule has 0 aliphatic carbocycles. The first-order valence-corrected chi connectivity index (χ1v) is 3.22. The molecule has 0 bridgehead atoms. The Hall–Kier alpha value is -0.860. The monoisotopic (exact) mass is 142 g/mol. The Kier molecular flexibility index (Phi) is 3.06. The van der Waals surface area contributed by atoms with Crippen LogP contribution in [0.4, 0.5) is 0 Å². The average Bonchev–Trinajstić information content (AvgIpc) is 1.80. The molecule has 58 valence electrons. The summed E-state index contributed by atoms with van der Waals surface area (Å²) in [6, 6.07) is 0. The van der Waals surface area contributed by atoms with E-state index in [1.165, 1.54) is 0 Å². The van der Waals surface area contributed by atoms with Gasteiger partial charge in [0.25, 0.3) is 0 Å². The number of amides is 1. The van der Waals surface area contributed by atoms with Crippen LogP contribution < -0.4 is 5.43 Å². The molecular formula is C7H14N2O. The summed E-state index contributed by atoms with van der Waals surface area (Å²) in [5.41, 5.74) is 3.22. The van der Waals surface area contributed by atoms with Crippen molar-refractivity contribution in [2.45, 2.75) is 27.7 Å². The van der Waals surface area contributed by atoms with Gasteiger partial charge in [0.15, 0.2) is 0 Å². The molecule has 0 unspecified atom stereocenters. The molecule has 1 N–H and O–H groups in total. The second kappa shape index (κ2) is 3.34. The fourth-order valence-corrected chi connectivity index (χ4v) is 0.291. The Morgan fingerprint density at radius 3 is 2.30 bits per heavy atom. The van der Waals surface area contributed by atoms with Gasteiger partial charge in [-0.05, 0) is 6.92 Å². The molecule has 0 spiro atoms. The highest BCUT2D eigenvalue weighted by molar-refractivity contribution is 5.87. The van der Waals surface area contributed by atoms with Gasteiger partial charge in [-0.25, -0.2) is 5.43 Å². The summed E-state index contributed by atoms with van der Waals surface area (Å²) in [6.45, 7) is 8.01. The number of carbonyl (C=O) groups excluding carboxylic acids is 1. The van der Waals surface area contributed by atoms with E-state index in [1.54, 1.807) is 0 Å². The zero-order valence-electron chi connectivity index (χ0n) is 6.93. The maximum atomic E-state index is 9.82. The van der Waals surface area contributed by atoms with Crippen molar-refractivity contribution >= 4 is 12.1 Å². The lowest BCUT2D eigenvalue weighted by Gasteiger charge is -2.16. The first-order valence-electron chi connectivity index (χ1n) is 3.22. The third-order valence-corrected chi connectivity index (χ3v) is 1.37. The SMILES string of the molecule is CC(=NNC=O)C(C)(C)C. The number of nitrogens with zero attached hydrogens (tertiary/aromatic N) is 1.